The van der Waals surface area contributed by atoms with Gasteiger partial charge in [0, 0.05) is 31.7 Å². The zero-order chi connectivity index (χ0) is 22.3. The van der Waals surface area contributed by atoms with E-state index in [0.717, 1.165) is 38.2 Å². The summed E-state index contributed by atoms with van der Waals surface area (Å²) in [6.07, 6.45) is 5.48. The quantitative estimate of drug-likeness (QED) is 0.771. The molecule has 2 fully saturated rings. The van der Waals surface area contributed by atoms with Crippen LogP contribution in [0.1, 0.15) is 64.8 Å². The first kappa shape index (κ1) is 21.7. The van der Waals surface area contributed by atoms with Gasteiger partial charge in [0.2, 0.25) is 0 Å². The van der Waals surface area contributed by atoms with Gasteiger partial charge in [0.1, 0.15) is 11.7 Å². The molecule has 1 amide bonds. The minimum atomic E-state index is -0.502. The van der Waals surface area contributed by atoms with E-state index in [9.17, 15) is 10.1 Å². The second-order valence-electron chi connectivity index (χ2n) is 10.3. The lowest BCUT2D eigenvalue weighted by Crippen LogP contribution is -2.57. The van der Waals surface area contributed by atoms with Crippen molar-refractivity contribution in [2.45, 2.75) is 71.2 Å². The Kier molecular flexibility index (Phi) is 5.73. The zero-order valence-electron chi connectivity index (χ0n) is 19.2. The highest BCUT2D eigenvalue weighted by Crippen LogP contribution is 2.42. The summed E-state index contributed by atoms with van der Waals surface area (Å²) in [5, 5.41) is 20.4. The van der Waals surface area contributed by atoms with Crippen LogP contribution in [0.3, 0.4) is 0 Å². The molecule has 1 aromatic heterocycles. The van der Waals surface area contributed by atoms with Gasteiger partial charge < -0.3 is 10.1 Å². The average Bonchev–Trinajstić information content (AvgIpc) is 3.26. The monoisotopic (exact) mass is 426 g/mol. The highest BCUT2D eigenvalue weighted by molar-refractivity contribution is 5.69. The Morgan fingerprint density at radius 1 is 1.29 bits per heavy atom. The number of aromatic nitrogens is 2. The number of hydrogen-bond acceptors (Lipinski definition) is 6. The number of hydrogen-bond donors (Lipinski definition) is 2. The number of carbonyl (C=O) groups excluding carboxylic acids is 1. The lowest BCUT2D eigenvalue weighted by atomic mass is 9.80. The van der Waals surface area contributed by atoms with Crippen molar-refractivity contribution in [3.63, 3.8) is 0 Å². The van der Waals surface area contributed by atoms with Gasteiger partial charge in [0.05, 0.1) is 23.5 Å². The van der Waals surface area contributed by atoms with Crippen molar-refractivity contribution in [3.05, 3.63) is 29.2 Å². The molecular formula is C23H34N6O2. The van der Waals surface area contributed by atoms with Crippen LogP contribution in [0, 0.1) is 23.2 Å². The maximum Gasteiger partial charge on any atom is 0.410 e. The summed E-state index contributed by atoms with van der Waals surface area (Å²) >= 11 is 0. The smallest absolute Gasteiger partial charge is 0.410 e. The maximum absolute atomic E-state index is 12.9. The fourth-order valence-corrected chi connectivity index (χ4v) is 5.24. The molecule has 8 heteroatoms. The molecule has 0 spiro atoms. The Morgan fingerprint density at radius 2 is 1.97 bits per heavy atom. The van der Waals surface area contributed by atoms with Crippen LogP contribution in [0.5, 0.6) is 0 Å². The SMILES string of the molecule is C[C@@H]1C(C(c2[nH]ncc2C#N)N2CC3CCC(C2)N3C(=O)OC(C)(C)C)=CNC[C@@H]1C. The summed E-state index contributed by atoms with van der Waals surface area (Å²) < 4.78 is 5.70. The average molecular weight is 427 g/mol. The van der Waals surface area contributed by atoms with Crippen LogP contribution in [0.15, 0.2) is 18.0 Å². The van der Waals surface area contributed by atoms with Gasteiger partial charge in [0.15, 0.2) is 0 Å². The highest BCUT2D eigenvalue weighted by atomic mass is 16.6. The van der Waals surface area contributed by atoms with E-state index in [0.29, 0.717) is 17.4 Å². The highest BCUT2D eigenvalue weighted by Gasteiger charge is 2.47. The number of likely N-dealkylation sites (tertiary alicyclic amines) is 1. The van der Waals surface area contributed by atoms with Gasteiger partial charge >= 0.3 is 6.09 Å². The Morgan fingerprint density at radius 3 is 2.58 bits per heavy atom. The summed E-state index contributed by atoms with van der Waals surface area (Å²) in [4.78, 5) is 17.3. The van der Waals surface area contributed by atoms with Crippen molar-refractivity contribution in [1.29, 1.82) is 5.26 Å². The molecule has 168 valence electrons. The molecule has 0 aromatic carbocycles. The normalized spacial score (nSPS) is 29.7. The first-order valence-electron chi connectivity index (χ1n) is 11.3. The number of nitrogens with zero attached hydrogens (tertiary/aromatic N) is 4. The Labute approximate surface area is 184 Å². The molecule has 4 heterocycles. The molecule has 0 radical (unpaired) electrons. The van der Waals surface area contributed by atoms with Gasteiger partial charge in [0.25, 0.3) is 0 Å². The predicted octanol–water partition coefficient (Wildman–Crippen LogP) is 3.17. The molecule has 0 aliphatic carbocycles. The summed E-state index contributed by atoms with van der Waals surface area (Å²) in [7, 11) is 0. The third kappa shape index (κ3) is 4.16. The first-order valence-corrected chi connectivity index (χ1v) is 11.3. The molecule has 31 heavy (non-hydrogen) atoms. The number of ether oxygens (including phenoxy) is 1. The van der Waals surface area contributed by atoms with Gasteiger partial charge in [-0.05, 0) is 57.2 Å². The van der Waals surface area contributed by atoms with E-state index in [2.05, 4.69) is 46.5 Å². The fourth-order valence-electron chi connectivity index (χ4n) is 5.24. The molecule has 8 nitrogen and oxygen atoms in total. The molecule has 1 aromatic rings. The number of fused-ring (bicyclic) bond motifs is 2. The van der Waals surface area contributed by atoms with Crippen LogP contribution in [-0.2, 0) is 4.74 Å². The molecule has 5 atom stereocenters. The minimum absolute atomic E-state index is 0.0636. The van der Waals surface area contributed by atoms with E-state index in [4.69, 9.17) is 4.74 Å². The molecule has 2 saturated heterocycles. The third-order valence-electron chi connectivity index (χ3n) is 6.95. The molecule has 2 bridgehead atoms. The second-order valence-corrected chi connectivity index (χ2v) is 10.3. The van der Waals surface area contributed by atoms with Gasteiger partial charge in [-0.15, -0.1) is 0 Å². The minimum Gasteiger partial charge on any atom is -0.444 e. The zero-order valence-corrected chi connectivity index (χ0v) is 19.2. The number of amides is 1. The van der Waals surface area contributed by atoms with E-state index < -0.39 is 5.60 Å². The van der Waals surface area contributed by atoms with E-state index in [1.54, 1.807) is 6.20 Å². The molecule has 4 rings (SSSR count). The summed E-state index contributed by atoms with van der Waals surface area (Å²) in [5.41, 5.74) is 2.20. The number of aromatic amines is 1. The van der Waals surface area contributed by atoms with Crippen LogP contribution in [-0.4, -0.2) is 63.4 Å². The Bertz CT molecular complexity index is 881. The number of carbonyl (C=O) groups is 1. The summed E-state index contributed by atoms with van der Waals surface area (Å²) in [5.74, 6) is 0.873. The van der Waals surface area contributed by atoms with Crippen molar-refractivity contribution in [2.75, 3.05) is 19.6 Å². The van der Waals surface area contributed by atoms with Gasteiger partial charge in [-0.3, -0.25) is 14.9 Å². The van der Waals surface area contributed by atoms with E-state index in [-0.39, 0.29) is 24.2 Å². The Hall–Kier alpha value is -2.53. The van der Waals surface area contributed by atoms with E-state index in [1.165, 1.54) is 5.57 Å². The topological polar surface area (TPSA) is 97.3 Å². The van der Waals surface area contributed by atoms with Crippen LogP contribution >= 0.6 is 0 Å². The molecule has 3 aliphatic rings. The van der Waals surface area contributed by atoms with Crippen molar-refractivity contribution >= 4 is 6.09 Å². The van der Waals surface area contributed by atoms with Crippen molar-refractivity contribution < 1.29 is 9.53 Å². The maximum atomic E-state index is 12.9. The Balaban J connectivity index is 1.63. The van der Waals surface area contributed by atoms with E-state index >= 15 is 0 Å². The van der Waals surface area contributed by atoms with Crippen molar-refractivity contribution in [2.24, 2.45) is 11.8 Å². The van der Waals surface area contributed by atoms with Crippen molar-refractivity contribution in [1.82, 2.24) is 25.3 Å². The van der Waals surface area contributed by atoms with Crippen molar-refractivity contribution in [3.8, 4) is 6.07 Å². The number of nitriles is 1. The number of nitrogens with one attached hydrogen (secondary N) is 2. The fraction of sp³-hybridized carbons (Fsp3) is 0.696. The largest absolute Gasteiger partial charge is 0.444 e. The molecule has 2 N–H and O–H groups in total. The summed E-state index contributed by atoms with van der Waals surface area (Å²) in [6, 6.07) is 2.47. The molecule has 3 aliphatic heterocycles. The number of piperazine rings is 1. The van der Waals surface area contributed by atoms with Crippen LogP contribution in [0.2, 0.25) is 0 Å². The van der Waals surface area contributed by atoms with Gasteiger partial charge in [-0.2, -0.15) is 10.4 Å². The number of H-pyrrole nitrogens is 1. The van der Waals surface area contributed by atoms with Crippen LogP contribution in [0.25, 0.3) is 0 Å². The second kappa shape index (κ2) is 8.19. The first-order chi connectivity index (χ1) is 14.7. The van der Waals surface area contributed by atoms with Crippen LogP contribution < -0.4 is 5.32 Å². The lowest BCUT2D eigenvalue weighted by Gasteiger charge is -2.46. The standard InChI is InChI=1S/C23H34N6O2/c1-14-9-25-11-19(15(14)2)21(20-16(8-24)10-26-27-20)28-12-17-6-7-18(13-28)29(17)22(30)31-23(3,4)5/h10-11,14-15,17-18,21,25H,6-7,9,12-13H2,1-5H3,(H,26,27)/t14-,15-,17?,18?,21?/m0/s1. The van der Waals surface area contributed by atoms with E-state index in [1.807, 2.05) is 25.7 Å². The molecule has 3 unspecified atom stereocenters. The van der Waals surface area contributed by atoms with Crippen LogP contribution in [0.4, 0.5) is 4.79 Å². The lowest BCUT2D eigenvalue weighted by molar-refractivity contribution is -0.00988. The predicted molar refractivity (Wildman–Crippen MR) is 117 cm³/mol. The molecular weight excluding hydrogens is 392 g/mol. The van der Waals surface area contributed by atoms with Gasteiger partial charge in [-0.1, -0.05) is 13.8 Å². The number of rotatable bonds is 3. The molecule has 0 saturated carbocycles. The third-order valence-corrected chi connectivity index (χ3v) is 6.95. The van der Waals surface area contributed by atoms with Gasteiger partial charge in [-0.25, -0.2) is 4.79 Å². The summed E-state index contributed by atoms with van der Waals surface area (Å²) in [6.45, 7) is 12.7.